The Kier molecular flexibility index (Phi) is 7.41. The number of nitrogens with zero attached hydrogens (tertiary/aromatic N) is 1. The summed E-state index contributed by atoms with van der Waals surface area (Å²) < 4.78 is 81.0. The molecule has 1 heterocycles. The molecule has 6 nitrogen and oxygen atoms in total. The number of hydrogen-bond donors (Lipinski definition) is 1. The van der Waals surface area contributed by atoms with Crippen molar-refractivity contribution in [2.24, 2.45) is 0 Å². The van der Waals surface area contributed by atoms with Crippen LogP contribution in [0.3, 0.4) is 0 Å². The van der Waals surface area contributed by atoms with Crippen LogP contribution < -0.4 is 15.0 Å². The van der Waals surface area contributed by atoms with E-state index in [-0.39, 0.29) is 29.3 Å². The summed E-state index contributed by atoms with van der Waals surface area (Å²) in [6.07, 6.45) is -4.28. The first-order valence-electron chi connectivity index (χ1n) is 10.8. The smallest absolute Gasteiger partial charge is 0.416 e. The summed E-state index contributed by atoms with van der Waals surface area (Å²) in [6.45, 7) is 0.365. The fourth-order valence-corrected chi connectivity index (χ4v) is 4.44. The lowest BCUT2D eigenvalue weighted by Gasteiger charge is -2.26. The molecule has 1 amide bonds. The van der Waals surface area contributed by atoms with E-state index in [0.29, 0.717) is 17.8 Å². The molecule has 4 rings (SSSR count). The minimum atomic E-state index is -4.50. The molecule has 0 aliphatic carbocycles. The van der Waals surface area contributed by atoms with Crippen LogP contribution >= 0.6 is 0 Å². The number of rotatable bonds is 6. The van der Waals surface area contributed by atoms with Gasteiger partial charge in [0.2, 0.25) is 16.2 Å². The molecule has 1 atom stereocenters. The molecule has 0 spiro atoms. The SMILES string of the molecule is O=C([C@@H]1NCCC1=S(=O)=O)N(Cc1ccc(Oc2cccc(C(F)(F)F)c2)cc1)c1ccc(F)cc1. The molecule has 1 aliphatic rings. The van der Waals surface area contributed by atoms with Gasteiger partial charge in [0.25, 0.3) is 0 Å². The number of alkyl halides is 3. The van der Waals surface area contributed by atoms with Crippen LogP contribution in [0.15, 0.2) is 72.8 Å². The van der Waals surface area contributed by atoms with Gasteiger partial charge in [0.15, 0.2) is 0 Å². The van der Waals surface area contributed by atoms with Gasteiger partial charge < -0.3 is 15.0 Å². The van der Waals surface area contributed by atoms with Crippen LogP contribution in [-0.4, -0.2) is 31.8 Å². The summed E-state index contributed by atoms with van der Waals surface area (Å²) in [7, 11) is -2.53. The normalized spacial score (nSPS) is 15.6. The summed E-state index contributed by atoms with van der Waals surface area (Å²) >= 11 is 0. The molecule has 0 aromatic heterocycles. The van der Waals surface area contributed by atoms with Gasteiger partial charge >= 0.3 is 6.18 Å². The Hall–Kier alpha value is -3.70. The molecule has 1 fully saturated rings. The van der Waals surface area contributed by atoms with Gasteiger partial charge in [-0.25, -0.2) is 4.39 Å². The number of halogens is 4. The molecular weight excluding hydrogens is 500 g/mol. The summed E-state index contributed by atoms with van der Waals surface area (Å²) in [6, 6.07) is 15.0. The number of carbonyl (C=O) groups excluding carboxylic acids is 1. The topological polar surface area (TPSA) is 75.7 Å². The van der Waals surface area contributed by atoms with Crippen molar-refractivity contribution in [3.8, 4) is 11.5 Å². The van der Waals surface area contributed by atoms with Crippen molar-refractivity contribution < 1.29 is 35.5 Å². The monoisotopic (exact) mass is 520 g/mol. The van der Waals surface area contributed by atoms with Crippen LogP contribution in [0, 0.1) is 5.82 Å². The predicted molar refractivity (Wildman–Crippen MR) is 126 cm³/mol. The van der Waals surface area contributed by atoms with Crippen LogP contribution in [-0.2, 0) is 27.8 Å². The van der Waals surface area contributed by atoms with E-state index in [0.717, 1.165) is 12.1 Å². The van der Waals surface area contributed by atoms with Crippen LogP contribution in [0.2, 0.25) is 0 Å². The van der Waals surface area contributed by atoms with Crippen molar-refractivity contribution in [2.75, 3.05) is 11.4 Å². The molecule has 3 aromatic carbocycles. The zero-order valence-corrected chi connectivity index (χ0v) is 19.4. The van der Waals surface area contributed by atoms with Gasteiger partial charge in [0, 0.05) is 12.2 Å². The minimum Gasteiger partial charge on any atom is -0.457 e. The Morgan fingerprint density at radius 1 is 1.00 bits per heavy atom. The molecule has 1 aliphatic heterocycles. The molecule has 0 radical (unpaired) electrons. The zero-order chi connectivity index (χ0) is 25.9. The molecular formula is C25H20F4N2O4S. The summed E-state index contributed by atoms with van der Waals surface area (Å²) in [5.74, 6) is -0.703. The average molecular weight is 521 g/mol. The highest BCUT2D eigenvalue weighted by atomic mass is 32.2. The molecule has 36 heavy (non-hydrogen) atoms. The van der Waals surface area contributed by atoms with E-state index in [9.17, 15) is 30.8 Å². The van der Waals surface area contributed by atoms with Crippen molar-refractivity contribution in [1.82, 2.24) is 5.32 Å². The van der Waals surface area contributed by atoms with Crippen LogP contribution in [0.25, 0.3) is 0 Å². The molecule has 0 saturated carbocycles. The number of amides is 1. The molecule has 188 valence electrons. The standard InChI is InChI=1S/C25H20F4N2O4S/c26-18-6-8-19(9-7-18)31(24(32)23-22(36(33)34)12-13-30-23)15-16-4-10-20(11-5-16)35-21-3-1-2-17(14-21)25(27,28)29/h1-11,14,23,30H,12-13,15H2/t23-/m1/s1. The molecule has 0 unspecified atom stereocenters. The van der Waals surface area contributed by atoms with E-state index >= 15 is 0 Å². The van der Waals surface area contributed by atoms with Crippen molar-refractivity contribution in [1.29, 1.82) is 0 Å². The van der Waals surface area contributed by atoms with E-state index in [1.807, 2.05) is 0 Å². The van der Waals surface area contributed by atoms with Crippen molar-refractivity contribution in [2.45, 2.75) is 25.2 Å². The largest absolute Gasteiger partial charge is 0.457 e. The molecule has 3 aromatic rings. The van der Waals surface area contributed by atoms with E-state index in [2.05, 4.69) is 5.32 Å². The third kappa shape index (κ3) is 5.92. The summed E-state index contributed by atoms with van der Waals surface area (Å²) in [4.78, 5) is 14.7. The van der Waals surface area contributed by atoms with Crippen molar-refractivity contribution >= 4 is 26.8 Å². The third-order valence-corrected chi connectivity index (χ3v) is 6.44. The maximum absolute atomic E-state index is 13.5. The average Bonchev–Trinajstić information content (AvgIpc) is 3.34. The van der Waals surface area contributed by atoms with E-state index in [1.54, 1.807) is 24.3 Å². The van der Waals surface area contributed by atoms with Crippen molar-refractivity contribution in [3.63, 3.8) is 0 Å². The van der Waals surface area contributed by atoms with Crippen LogP contribution in [0.5, 0.6) is 11.5 Å². The molecule has 11 heteroatoms. The van der Waals surface area contributed by atoms with Gasteiger partial charge in [0.05, 0.1) is 17.0 Å². The van der Waals surface area contributed by atoms with Crippen molar-refractivity contribution in [3.05, 3.63) is 89.7 Å². The Balaban J connectivity index is 1.56. The lowest BCUT2D eigenvalue weighted by Crippen LogP contribution is -2.46. The number of ether oxygens (including phenoxy) is 1. The Morgan fingerprint density at radius 3 is 2.33 bits per heavy atom. The third-order valence-electron chi connectivity index (χ3n) is 5.57. The Bertz CT molecular complexity index is 1380. The number of nitrogens with one attached hydrogen (secondary N) is 1. The maximum atomic E-state index is 13.5. The van der Waals surface area contributed by atoms with Gasteiger partial charge in [-0.2, -0.15) is 21.6 Å². The quantitative estimate of drug-likeness (QED) is 0.380. The fourth-order valence-electron chi connectivity index (χ4n) is 3.79. The first kappa shape index (κ1) is 25.4. The number of hydrogen-bond acceptors (Lipinski definition) is 5. The van der Waals surface area contributed by atoms with Gasteiger partial charge in [-0.15, -0.1) is 0 Å². The highest BCUT2D eigenvalue weighted by Crippen LogP contribution is 2.33. The first-order chi connectivity index (χ1) is 17.1. The molecule has 0 bridgehead atoms. The van der Waals surface area contributed by atoms with Gasteiger partial charge in [-0.1, -0.05) is 18.2 Å². The highest BCUT2D eigenvalue weighted by molar-refractivity contribution is 7.73. The lowest BCUT2D eigenvalue weighted by molar-refractivity contribution is -0.137. The minimum absolute atomic E-state index is 0.0154. The first-order valence-corrected chi connectivity index (χ1v) is 11.9. The molecule has 1 saturated heterocycles. The van der Waals surface area contributed by atoms with E-state index in [4.69, 9.17) is 4.74 Å². The van der Waals surface area contributed by atoms with E-state index in [1.165, 1.54) is 41.3 Å². The number of benzene rings is 3. The van der Waals surface area contributed by atoms with Gasteiger partial charge in [-0.05, 0) is 66.6 Å². The maximum Gasteiger partial charge on any atom is 0.416 e. The predicted octanol–water partition coefficient (Wildman–Crippen LogP) is 4.58. The summed E-state index contributed by atoms with van der Waals surface area (Å²) in [5, 5.41) is 2.89. The molecule has 1 N–H and O–H groups in total. The Morgan fingerprint density at radius 2 is 1.69 bits per heavy atom. The Labute approximate surface area is 205 Å². The second-order valence-electron chi connectivity index (χ2n) is 8.01. The summed E-state index contributed by atoms with van der Waals surface area (Å²) in [5.41, 5.74) is 0.170. The highest BCUT2D eigenvalue weighted by Gasteiger charge is 2.34. The zero-order valence-electron chi connectivity index (χ0n) is 18.6. The van der Waals surface area contributed by atoms with Gasteiger partial charge in [-0.3, -0.25) is 4.79 Å². The fraction of sp³-hybridized carbons (Fsp3) is 0.200. The second kappa shape index (κ2) is 10.5. The lowest BCUT2D eigenvalue weighted by atomic mass is 10.1. The van der Waals surface area contributed by atoms with Crippen LogP contribution in [0.4, 0.5) is 23.2 Å². The van der Waals surface area contributed by atoms with E-state index < -0.39 is 39.8 Å². The van der Waals surface area contributed by atoms with Gasteiger partial charge in [0.1, 0.15) is 23.4 Å². The number of anilines is 1. The second-order valence-corrected chi connectivity index (χ2v) is 9.00. The number of carbonyl (C=O) groups is 1. The van der Waals surface area contributed by atoms with Crippen LogP contribution in [0.1, 0.15) is 17.5 Å².